The Morgan fingerprint density at radius 1 is 1.41 bits per heavy atom. The second-order valence-corrected chi connectivity index (χ2v) is 8.93. The maximum Gasteiger partial charge on any atom is 0.414 e. The van der Waals surface area contributed by atoms with Gasteiger partial charge in [0.1, 0.15) is 5.60 Å². The quantitative estimate of drug-likeness (QED) is 0.732. The summed E-state index contributed by atoms with van der Waals surface area (Å²) in [7, 11) is 1.66. The zero-order valence-corrected chi connectivity index (χ0v) is 17.4. The van der Waals surface area contributed by atoms with E-state index in [-0.39, 0.29) is 5.91 Å². The van der Waals surface area contributed by atoms with Crippen molar-refractivity contribution in [3.05, 3.63) is 40.0 Å². The molecule has 2 aromatic heterocycles. The van der Waals surface area contributed by atoms with Crippen LogP contribution < -0.4 is 0 Å². The van der Waals surface area contributed by atoms with Gasteiger partial charge in [0.25, 0.3) is 5.91 Å². The molecule has 0 aliphatic carbocycles. The Labute approximate surface area is 167 Å². The number of carbonyl (C=O) groups excluding carboxylic acids is 2. The van der Waals surface area contributed by atoms with E-state index in [2.05, 4.69) is 4.98 Å². The van der Waals surface area contributed by atoms with Crippen molar-refractivity contribution in [2.24, 2.45) is 0 Å². The molecule has 0 atom stereocenters. The normalized spacial score (nSPS) is 16.2. The van der Waals surface area contributed by atoms with Crippen molar-refractivity contribution in [1.82, 2.24) is 14.8 Å². The summed E-state index contributed by atoms with van der Waals surface area (Å²) in [4.78, 5) is 33.0. The average molecular weight is 408 g/mol. The van der Waals surface area contributed by atoms with Crippen LogP contribution in [0.1, 0.15) is 36.9 Å². The van der Waals surface area contributed by atoms with E-state index in [4.69, 9.17) is 16.3 Å². The van der Waals surface area contributed by atoms with E-state index in [1.807, 2.05) is 20.8 Å². The third-order valence-electron chi connectivity index (χ3n) is 4.02. The molecule has 0 spiro atoms. The molecule has 0 N–H and O–H groups in total. The highest BCUT2D eigenvalue weighted by Gasteiger charge is 2.26. The largest absolute Gasteiger partial charge is 0.443 e. The lowest BCUT2D eigenvalue weighted by molar-refractivity contribution is 0.0370. The van der Waals surface area contributed by atoms with Gasteiger partial charge in [0.2, 0.25) is 0 Å². The lowest BCUT2D eigenvalue weighted by Crippen LogP contribution is -2.31. The maximum absolute atomic E-state index is 12.8. The highest BCUT2D eigenvalue weighted by Crippen LogP contribution is 2.31. The van der Waals surface area contributed by atoms with E-state index in [0.717, 1.165) is 22.2 Å². The Kier molecular flexibility index (Phi) is 5.44. The minimum absolute atomic E-state index is 0.0441. The highest BCUT2D eigenvalue weighted by atomic mass is 35.5. The fourth-order valence-electron chi connectivity index (χ4n) is 2.79. The molecular formula is C19H22ClN3O3S. The lowest BCUT2D eigenvalue weighted by atomic mass is 10.2. The summed E-state index contributed by atoms with van der Waals surface area (Å²) in [5.41, 5.74) is 1.20. The molecule has 0 bridgehead atoms. The molecule has 8 heteroatoms. The Morgan fingerprint density at radius 2 is 2.15 bits per heavy atom. The van der Waals surface area contributed by atoms with Gasteiger partial charge in [-0.1, -0.05) is 11.6 Å². The fourth-order valence-corrected chi connectivity index (χ4v) is 4.05. The van der Waals surface area contributed by atoms with Crippen molar-refractivity contribution >= 4 is 45.2 Å². The second kappa shape index (κ2) is 7.48. The summed E-state index contributed by atoms with van der Waals surface area (Å²) in [6.45, 7) is 6.58. The highest BCUT2D eigenvalue weighted by molar-refractivity contribution is 7.21. The molecule has 1 aliphatic heterocycles. The third-order valence-corrected chi connectivity index (χ3v) is 5.59. The molecule has 1 saturated heterocycles. The zero-order valence-electron chi connectivity index (χ0n) is 15.8. The van der Waals surface area contributed by atoms with Crippen LogP contribution in [0.5, 0.6) is 0 Å². The van der Waals surface area contributed by atoms with Crippen molar-refractivity contribution < 1.29 is 14.3 Å². The van der Waals surface area contributed by atoms with E-state index in [1.165, 1.54) is 16.2 Å². The van der Waals surface area contributed by atoms with Crippen molar-refractivity contribution in [1.29, 1.82) is 0 Å². The summed E-state index contributed by atoms with van der Waals surface area (Å²) in [6.07, 6.45) is 3.70. The third kappa shape index (κ3) is 4.59. The number of halogens is 1. The van der Waals surface area contributed by atoms with Crippen LogP contribution in [0.25, 0.3) is 10.2 Å². The summed E-state index contributed by atoms with van der Waals surface area (Å²) >= 11 is 7.53. The molecule has 0 saturated carbocycles. The number of fused-ring (bicyclic) bond motifs is 1. The molecular weight excluding hydrogens is 386 g/mol. The van der Waals surface area contributed by atoms with Crippen LogP contribution in [-0.4, -0.2) is 52.5 Å². The first-order valence-electron chi connectivity index (χ1n) is 8.63. The minimum Gasteiger partial charge on any atom is -0.443 e. The van der Waals surface area contributed by atoms with Crippen molar-refractivity contribution in [3.63, 3.8) is 0 Å². The zero-order chi connectivity index (χ0) is 19.8. The molecule has 3 heterocycles. The standard InChI is InChI=1S/C19H22ClN3O3S/c1-19(2,3)26-18(25)22(4)10-12-6-8-23(11-12)17(24)15-9-14-16(27-15)13(20)5-7-21-14/h5,7,9-10H,6,8,11H2,1-4H3/b12-10-. The van der Waals surface area contributed by atoms with Gasteiger partial charge in [-0.05, 0) is 44.9 Å². The van der Waals surface area contributed by atoms with Gasteiger partial charge in [-0.25, -0.2) is 4.79 Å². The van der Waals surface area contributed by atoms with Crippen LogP contribution in [0, 0.1) is 0 Å². The molecule has 0 aromatic carbocycles. The predicted molar refractivity (Wildman–Crippen MR) is 107 cm³/mol. The smallest absolute Gasteiger partial charge is 0.414 e. The van der Waals surface area contributed by atoms with Crippen molar-refractivity contribution in [2.45, 2.75) is 32.8 Å². The Bertz CT molecular complexity index is 917. The fraction of sp³-hybridized carbons (Fsp3) is 0.421. The van der Waals surface area contributed by atoms with Gasteiger partial charge in [0.15, 0.2) is 0 Å². The number of ether oxygens (including phenoxy) is 1. The number of hydrogen-bond acceptors (Lipinski definition) is 5. The molecule has 2 aromatic rings. The number of nitrogens with zero attached hydrogens (tertiary/aromatic N) is 3. The first-order chi connectivity index (χ1) is 12.6. The Morgan fingerprint density at radius 3 is 2.81 bits per heavy atom. The summed E-state index contributed by atoms with van der Waals surface area (Å²) < 4.78 is 6.16. The van der Waals surface area contributed by atoms with Crippen LogP contribution in [-0.2, 0) is 4.74 Å². The maximum atomic E-state index is 12.8. The van der Waals surface area contributed by atoms with Crippen LogP contribution in [0.15, 0.2) is 30.1 Å². The number of rotatable bonds is 2. The first-order valence-corrected chi connectivity index (χ1v) is 9.82. The van der Waals surface area contributed by atoms with Gasteiger partial charge < -0.3 is 9.64 Å². The monoisotopic (exact) mass is 407 g/mol. The molecule has 1 aliphatic rings. The number of carbonyl (C=O) groups is 2. The predicted octanol–water partition coefficient (Wildman–Crippen LogP) is 4.55. The van der Waals surface area contributed by atoms with Crippen LogP contribution >= 0.6 is 22.9 Å². The van der Waals surface area contributed by atoms with Gasteiger partial charge >= 0.3 is 6.09 Å². The lowest BCUT2D eigenvalue weighted by Gasteiger charge is -2.23. The summed E-state index contributed by atoms with van der Waals surface area (Å²) in [6, 6.07) is 3.50. The average Bonchev–Trinajstić information content (AvgIpc) is 3.20. The van der Waals surface area contributed by atoms with E-state index in [0.29, 0.717) is 23.0 Å². The van der Waals surface area contributed by atoms with E-state index >= 15 is 0 Å². The summed E-state index contributed by atoms with van der Waals surface area (Å²) in [5.74, 6) is -0.0441. The van der Waals surface area contributed by atoms with Crippen LogP contribution in [0.2, 0.25) is 5.02 Å². The van der Waals surface area contributed by atoms with Crippen molar-refractivity contribution in [3.8, 4) is 0 Å². The van der Waals surface area contributed by atoms with Gasteiger partial charge in [-0.3, -0.25) is 14.7 Å². The van der Waals surface area contributed by atoms with Gasteiger partial charge in [-0.15, -0.1) is 11.3 Å². The van der Waals surface area contributed by atoms with Crippen LogP contribution in [0.3, 0.4) is 0 Å². The second-order valence-electron chi connectivity index (χ2n) is 7.47. The Balaban J connectivity index is 1.68. The minimum atomic E-state index is -0.544. The topological polar surface area (TPSA) is 62.7 Å². The van der Waals surface area contributed by atoms with Gasteiger partial charge in [-0.2, -0.15) is 0 Å². The molecule has 2 amide bonds. The first kappa shape index (κ1) is 19.6. The summed E-state index contributed by atoms with van der Waals surface area (Å²) in [5, 5.41) is 0.602. The number of likely N-dealkylation sites (tertiary alicyclic amines) is 1. The van der Waals surface area contributed by atoms with Gasteiger partial charge in [0.05, 0.1) is 20.1 Å². The molecule has 6 nitrogen and oxygen atoms in total. The van der Waals surface area contributed by atoms with Crippen molar-refractivity contribution in [2.75, 3.05) is 20.1 Å². The number of hydrogen-bond donors (Lipinski definition) is 0. The van der Waals surface area contributed by atoms with E-state index in [1.54, 1.807) is 36.5 Å². The number of aromatic nitrogens is 1. The molecule has 144 valence electrons. The SMILES string of the molecule is CN(/C=C1/CCN(C(=O)c2cc3nccc(Cl)c3s2)C1)C(=O)OC(C)(C)C. The number of amides is 2. The molecule has 3 rings (SSSR count). The van der Waals surface area contributed by atoms with Crippen LogP contribution in [0.4, 0.5) is 4.79 Å². The van der Waals surface area contributed by atoms with E-state index in [9.17, 15) is 9.59 Å². The molecule has 0 radical (unpaired) electrons. The molecule has 27 heavy (non-hydrogen) atoms. The molecule has 1 fully saturated rings. The Hall–Kier alpha value is -2.12. The molecule has 0 unspecified atom stereocenters. The number of pyridine rings is 1. The van der Waals surface area contributed by atoms with E-state index < -0.39 is 11.7 Å². The number of thiophene rings is 1. The van der Waals surface area contributed by atoms with Gasteiger partial charge in [0, 0.05) is 32.5 Å².